The summed E-state index contributed by atoms with van der Waals surface area (Å²) in [5.74, 6) is -2.54. The predicted octanol–water partition coefficient (Wildman–Crippen LogP) is 0.751. The SMILES string of the molecule is CNCc1cc(F)c(F)c(S(=O)(=O)NC2CCOC2)c1. The van der Waals surface area contributed by atoms with Crippen molar-refractivity contribution in [2.75, 3.05) is 20.3 Å². The second-order valence-corrected chi connectivity index (χ2v) is 6.28. The Kier molecular flexibility index (Phi) is 4.69. The van der Waals surface area contributed by atoms with Crippen LogP contribution in [0.4, 0.5) is 8.78 Å². The van der Waals surface area contributed by atoms with Crippen LogP contribution in [0.3, 0.4) is 0 Å². The van der Waals surface area contributed by atoms with Crippen molar-refractivity contribution in [3.8, 4) is 0 Å². The van der Waals surface area contributed by atoms with E-state index in [2.05, 4.69) is 10.0 Å². The Morgan fingerprint density at radius 1 is 1.40 bits per heavy atom. The van der Waals surface area contributed by atoms with Crippen LogP contribution in [0.25, 0.3) is 0 Å². The number of halogens is 2. The highest BCUT2D eigenvalue weighted by Crippen LogP contribution is 2.21. The number of sulfonamides is 1. The third-order valence-electron chi connectivity index (χ3n) is 2.98. The van der Waals surface area contributed by atoms with Crippen LogP contribution < -0.4 is 10.0 Å². The molecule has 0 aromatic heterocycles. The number of ether oxygens (including phenoxy) is 1. The first-order valence-electron chi connectivity index (χ1n) is 6.16. The summed E-state index contributed by atoms with van der Waals surface area (Å²) in [6.45, 7) is 0.926. The highest BCUT2D eigenvalue weighted by Gasteiger charge is 2.27. The highest BCUT2D eigenvalue weighted by molar-refractivity contribution is 7.89. The molecule has 0 radical (unpaired) electrons. The summed E-state index contributed by atoms with van der Waals surface area (Å²) in [5.41, 5.74) is 0.356. The minimum absolute atomic E-state index is 0.236. The molecule has 8 heteroatoms. The van der Waals surface area contributed by atoms with Gasteiger partial charge in [-0.3, -0.25) is 0 Å². The van der Waals surface area contributed by atoms with Gasteiger partial charge in [0.25, 0.3) is 0 Å². The highest BCUT2D eigenvalue weighted by atomic mass is 32.2. The Morgan fingerprint density at radius 2 is 2.15 bits per heavy atom. The molecule has 1 heterocycles. The van der Waals surface area contributed by atoms with Gasteiger partial charge in [0.15, 0.2) is 11.6 Å². The van der Waals surface area contributed by atoms with Gasteiger partial charge in [-0.05, 0) is 31.2 Å². The van der Waals surface area contributed by atoms with E-state index >= 15 is 0 Å². The van der Waals surface area contributed by atoms with Crippen LogP contribution in [0.1, 0.15) is 12.0 Å². The molecule has 0 amide bonds. The molecule has 2 rings (SSSR count). The predicted molar refractivity (Wildman–Crippen MR) is 68.7 cm³/mol. The van der Waals surface area contributed by atoms with E-state index < -0.39 is 32.6 Å². The number of rotatable bonds is 5. The first-order valence-corrected chi connectivity index (χ1v) is 7.65. The summed E-state index contributed by atoms with van der Waals surface area (Å²) in [6, 6.07) is 1.70. The fourth-order valence-electron chi connectivity index (χ4n) is 2.03. The second-order valence-electron chi connectivity index (χ2n) is 4.60. The van der Waals surface area contributed by atoms with Crippen molar-refractivity contribution in [2.45, 2.75) is 23.9 Å². The van der Waals surface area contributed by atoms with Gasteiger partial charge >= 0.3 is 0 Å². The van der Waals surface area contributed by atoms with Crippen molar-refractivity contribution in [3.05, 3.63) is 29.3 Å². The smallest absolute Gasteiger partial charge is 0.243 e. The average Bonchev–Trinajstić information content (AvgIpc) is 2.85. The van der Waals surface area contributed by atoms with Gasteiger partial charge in [0, 0.05) is 19.2 Å². The molecule has 1 aliphatic rings. The largest absolute Gasteiger partial charge is 0.380 e. The Balaban J connectivity index is 2.33. The lowest BCUT2D eigenvalue weighted by Crippen LogP contribution is -2.35. The summed E-state index contributed by atoms with van der Waals surface area (Å²) in [5, 5.41) is 2.76. The van der Waals surface area contributed by atoms with Gasteiger partial charge in [0.05, 0.1) is 6.61 Å². The van der Waals surface area contributed by atoms with Gasteiger partial charge in [0.2, 0.25) is 10.0 Å². The van der Waals surface area contributed by atoms with E-state index in [0.717, 1.165) is 12.1 Å². The fraction of sp³-hybridized carbons (Fsp3) is 0.500. The van der Waals surface area contributed by atoms with Crippen molar-refractivity contribution in [1.29, 1.82) is 0 Å². The molecule has 1 unspecified atom stereocenters. The molecule has 1 fully saturated rings. The van der Waals surface area contributed by atoms with E-state index in [-0.39, 0.29) is 13.2 Å². The fourth-order valence-corrected chi connectivity index (χ4v) is 3.42. The maximum absolute atomic E-state index is 13.7. The van der Waals surface area contributed by atoms with Crippen LogP contribution in [0.2, 0.25) is 0 Å². The van der Waals surface area contributed by atoms with Crippen molar-refractivity contribution in [3.63, 3.8) is 0 Å². The second kappa shape index (κ2) is 6.13. The van der Waals surface area contributed by atoms with E-state index in [4.69, 9.17) is 4.74 Å². The van der Waals surface area contributed by atoms with E-state index in [0.29, 0.717) is 18.6 Å². The molecular formula is C12H16F2N2O3S. The maximum atomic E-state index is 13.7. The Labute approximate surface area is 116 Å². The molecule has 1 saturated heterocycles. The zero-order chi connectivity index (χ0) is 14.8. The minimum atomic E-state index is -4.11. The quantitative estimate of drug-likeness (QED) is 0.842. The van der Waals surface area contributed by atoms with Crippen LogP contribution in [0.15, 0.2) is 17.0 Å². The monoisotopic (exact) mass is 306 g/mol. The van der Waals surface area contributed by atoms with Crippen LogP contribution in [0.5, 0.6) is 0 Å². The van der Waals surface area contributed by atoms with Gasteiger partial charge in [-0.1, -0.05) is 0 Å². The molecule has 0 aliphatic carbocycles. The number of hydrogen-bond acceptors (Lipinski definition) is 4. The van der Waals surface area contributed by atoms with Crippen LogP contribution >= 0.6 is 0 Å². The van der Waals surface area contributed by atoms with Crippen LogP contribution in [-0.2, 0) is 21.3 Å². The average molecular weight is 306 g/mol. The maximum Gasteiger partial charge on any atom is 0.243 e. The topological polar surface area (TPSA) is 67.4 Å². The van der Waals surface area contributed by atoms with E-state index in [9.17, 15) is 17.2 Å². The summed E-state index contributed by atoms with van der Waals surface area (Å²) >= 11 is 0. The normalized spacial score (nSPS) is 19.4. The molecule has 0 bridgehead atoms. The molecule has 1 aromatic rings. The van der Waals surface area contributed by atoms with Crippen molar-refractivity contribution in [1.82, 2.24) is 10.0 Å². The van der Waals surface area contributed by atoms with E-state index in [1.807, 2.05) is 0 Å². The third kappa shape index (κ3) is 3.32. The van der Waals surface area contributed by atoms with Crippen molar-refractivity contribution in [2.24, 2.45) is 0 Å². The molecular weight excluding hydrogens is 290 g/mol. The van der Waals surface area contributed by atoms with E-state index in [1.165, 1.54) is 0 Å². The van der Waals surface area contributed by atoms with Gasteiger partial charge < -0.3 is 10.1 Å². The molecule has 1 aliphatic heterocycles. The lowest BCUT2D eigenvalue weighted by Gasteiger charge is -2.13. The molecule has 20 heavy (non-hydrogen) atoms. The van der Waals surface area contributed by atoms with Gasteiger partial charge in [-0.15, -0.1) is 0 Å². The molecule has 2 N–H and O–H groups in total. The van der Waals surface area contributed by atoms with Crippen molar-refractivity contribution < 1.29 is 21.9 Å². The van der Waals surface area contributed by atoms with Crippen molar-refractivity contribution >= 4 is 10.0 Å². The Bertz CT molecular complexity index is 587. The first-order chi connectivity index (χ1) is 9.44. The summed E-state index contributed by atoms with van der Waals surface area (Å²) in [6.07, 6.45) is 0.513. The third-order valence-corrected chi connectivity index (χ3v) is 4.50. The van der Waals surface area contributed by atoms with Gasteiger partial charge in [0.1, 0.15) is 4.90 Å². The van der Waals surface area contributed by atoms with Gasteiger partial charge in [-0.25, -0.2) is 21.9 Å². The number of benzene rings is 1. The lowest BCUT2D eigenvalue weighted by atomic mass is 10.2. The first kappa shape index (κ1) is 15.3. The molecule has 0 spiro atoms. The Hall–Kier alpha value is -1.09. The summed E-state index contributed by atoms with van der Waals surface area (Å²) in [4.78, 5) is -0.672. The number of hydrogen-bond donors (Lipinski definition) is 2. The summed E-state index contributed by atoms with van der Waals surface area (Å²) < 4.78 is 58.9. The zero-order valence-corrected chi connectivity index (χ0v) is 11.8. The molecule has 1 aromatic carbocycles. The van der Waals surface area contributed by atoms with Gasteiger partial charge in [-0.2, -0.15) is 0 Å². The van der Waals surface area contributed by atoms with Crippen LogP contribution in [0, 0.1) is 11.6 Å². The molecule has 112 valence electrons. The van der Waals surface area contributed by atoms with E-state index in [1.54, 1.807) is 7.05 Å². The molecule has 0 saturated carbocycles. The summed E-state index contributed by atoms with van der Waals surface area (Å²) in [7, 11) is -2.48. The standard InChI is InChI=1S/C12H16F2N2O3S/c1-15-6-8-4-10(13)12(14)11(5-8)20(17,18)16-9-2-3-19-7-9/h4-5,9,15-16H,2-3,6-7H2,1H3. The molecule has 5 nitrogen and oxygen atoms in total. The Morgan fingerprint density at radius 3 is 2.75 bits per heavy atom. The molecule has 1 atom stereocenters. The lowest BCUT2D eigenvalue weighted by molar-refractivity contribution is 0.192. The minimum Gasteiger partial charge on any atom is -0.380 e. The number of nitrogens with one attached hydrogen (secondary N) is 2. The zero-order valence-electron chi connectivity index (χ0n) is 10.9. The van der Waals surface area contributed by atoms with Crippen LogP contribution in [-0.4, -0.2) is 34.7 Å².